The Morgan fingerprint density at radius 3 is 2.56 bits per heavy atom. The normalized spacial score (nSPS) is 15.5. The molecule has 1 aliphatic rings. The van der Waals surface area contributed by atoms with Crippen LogP contribution in [0.25, 0.3) is 6.08 Å². The molecule has 27 heavy (non-hydrogen) atoms. The van der Waals surface area contributed by atoms with Gasteiger partial charge in [0.1, 0.15) is 16.7 Å². The van der Waals surface area contributed by atoms with Crippen LogP contribution in [0.4, 0.5) is 4.39 Å². The molecular formula is C20H18FNO3S2. The van der Waals surface area contributed by atoms with Gasteiger partial charge in [0.15, 0.2) is 11.5 Å². The summed E-state index contributed by atoms with van der Waals surface area (Å²) in [6.45, 7) is 2.75. The van der Waals surface area contributed by atoms with E-state index in [0.29, 0.717) is 33.9 Å². The van der Waals surface area contributed by atoms with Gasteiger partial charge in [0.2, 0.25) is 0 Å². The molecule has 7 heteroatoms. The number of nitrogens with zero attached hydrogens (tertiary/aromatic N) is 1. The number of thioether (sulfide) groups is 1. The summed E-state index contributed by atoms with van der Waals surface area (Å²) in [4.78, 5) is 14.5. The predicted molar refractivity (Wildman–Crippen MR) is 109 cm³/mol. The Balaban J connectivity index is 1.76. The smallest absolute Gasteiger partial charge is 0.266 e. The van der Waals surface area contributed by atoms with Gasteiger partial charge in [-0.15, -0.1) is 0 Å². The topological polar surface area (TPSA) is 38.8 Å². The lowest BCUT2D eigenvalue weighted by molar-refractivity contribution is -0.121. The van der Waals surface area contributed by atoms with E-state index < -0.39 is 0 Å². The Bertz CT molecular complexity index is 897. The molecule has 0 unspecified atom stereocenters. The molecule has 1 fully saturated rings. The van der Waals surface area contributed by atoms with E-state index in [-0.39, 0.29) is 11.7 Å². The van der Waals surface area contributed by atoms with E-state index in [0.717, 1.165) is 11.1 Å². The Hall–Kier alpha value is -2.38. The van der Waals surface area contributed by atoms with Crippen molar-refractivity contribution in [2.24, 2.45) is 0 Å². The standard InChI is InChI=1S/C20H18FNO3S2/c1-3-22-19(23)18(27-20(22)26)11-14-6-9-16(17(10-14)24-2)25-12-13-4-7-15(21)8-5-13/h4-11H,3,12H2,1-2H3/b18-11-. The molecule has 0 atom stereocenters. The fraction of sp³-hybridized carbons (Fsp3) is 0.200. The third-order valence-electron chi connectivity index (χ3n) is 3.98. The van der Waals surface area contributed by atoms with Crippen molar-refractivity contribution in [1.82, 2.24) is 4.90 Å². The van der Waals surface area contributed by atoms with Crippen LogP contribution in [0.1, 0.15) is 18.1 Å². The van der Waals surface area contributed by atoms with E-state index in [9.17, 15) is 9.18 Å². The number of hydrogen-bond acceptors (Lipinski definition) is 5. The summed E-state index contributed by atoms with van der Waals surface area (Å²) in [7, 11) is 1.56. The average Bonchev–Trinajstić information content (AvgIpc) is 2.94. The van der Waals surface area contributed by atoms with E-state index in [4.69, 9.17) is 21.7 Å². The van der Waals surface area contributed by atoms with E-state index in [1.54, 1.807) is 42.4 Å². The van der Waals surface area contributed by atoms with Gasteiger partial charge in [0.25, 0.3) is 5.91 Å². The molecule has 4 nitrogen and oxygen atoms in total. The summed E-state index contributed by atoms with van der Waals surface area (Å²) in [5, 5.41) is 0. The Kier molecular flexibility index (Phi) is 6.13. The summed E-state index contributed by atoms with van der Waals surface area (Å²) in [5.41, 5.74) is 1.67. The number of carbonyl (C=O) groups is 1. The van der Waals surface area contributed by atoms with Gasteiger partial charge in [0, 0.05) is 6.54 Å². The molecule has 0 spiro atoms. The molecule has 1 heterocycles. The zero-order valence-corrected chi connectivity index (χ0v) is 16.5. The van der Waals surface area contributed by atoms with Gasteiger partial charge in [-0.25, -0.2) is 4.39 Å². The predicted octanol–water partition coefficient (Wildman–Crippen LogP) is 4.63. The molecule has 2 aromatic rings. The molecular weight excluding hydrogens is 385 g/mol. The molecule has 3 rings (SSSR count). The number of methoxy groups -OCH3 is 1. The minimum atomic E-state index is -0.283. The third-order valence-corrected chi connectivity index (χ3v) is 5.36. The van der Waals surface area contributed by atoms with Crippen LogP contribution in [0.3, 0.4) is 0 Å². The number of amides is 1. The summed E-state index contributed by atoms with van der Waals surface area (Å²) in [6, 6.07) is 11.6. The number of hydrogen-bond donors (Lipinski definition) is 0. The highest BCUT2D eigenvalue weighted by atomic mass is 32.2. The van der Waals surface area contributed by atoms with Crippen molar-refractivity contribution in [1.29, 1.82) is 0 Å². The van der Waals surface area contributed by atoms with Crippen LogP contribution < -0.4 is 9.47 Å². The molecule has 0 N–H and O–H groups in total. The molecule has 0 bridgehead atoms. The molecule has 0 saturated carbocycles. The first-order valence-corrected chi connectivity index (χ1v) is 9.55. The maximum Gasteiger partial charge on any atom is 0.266 e. The average molecular weight is 404 g/mol. The summed E-state index contributed by atoms with van der Waals surface area (Å²) in [5.74, 6) is 0.759. The molecule has 0 aromatic heterocycles. The lowest BCUT2D eigenvalue weighted by Crippen LogP contribution is -2.27. The van der Waals surface area contributed by atoms with Crippen molar-refractivity contribution >= 4 is 40.3 Å². The van der Waals surface area contributed by atoms with Crippen LogP contribution in [0.5, 0.6) is 11.5 Å². The Morgan fingerprint density at radius 2 is 1.93 bits per heavy atom. The lowest BCUT2D eigenvalue weighted by atomic mass is 10.1. The minimum Gasteiger partial charge on any atom is -0.493 e. The Morgan fingerprint density at radius 1 is 1.19 bits per heavy atom. The van der Waals surface area contributed by atoms with Crippen LogP contribution in [-0.2, 0) is 11.4 Å². The van der Waals surface area contributed by atoms with Gasteiger partial charge in [-0.3, -0.25) is 9.69 Å². The number of thiocarbonyl (C=S) groups is 1. The summed E-state index contributed by atoms with van der Waals surface area (Å²) >= 11 is 6.52. The number of halogens is 1. The monoisotopic (exact) mass is 403 g/mol. The van der Waals surface area contributed by atoms with Crippen molar-refractivity contribution < 1.29 is 18.7 Å². The number of ether oxygens (including phenoxy) is 2. The first-order chi connectivity index (χ1) is 13.0. The molecule has 1 saturated heterocycles. The van der Waals surface area contributed by atoms with Gasteiger partial charge >= 0.3 is 0 Å². The second-order valence-electron chi connectivity index (χ2n) is 5.75. The quantitative estimate of drug-likeness (QED) is 0.519. The van der Waals surface area contributed by atoms with Crippen LogP contribution in [-0.4, -0.2) is 28.8 Å². The molecule has 0 radical (unpaired) electrons. The summed E-state index contributed by atoms with van der Waals surface area (Å²) in [6.07, 6.45) is 1.79. The lowest BCUT2D eigenvalue weighted by Gasteiger charge is -2.12. The van der Waals surface area contributed by atoms with Crippen LogP contribution in [0, 0.1) is 5.82 Å². The third kappa shape index (κ3) is 4.48. The number of benzene rings is 2. The fourth-order valence-corrected chi connectivity index (χ4v) is 3.94. The van der Waals surface area contributed by atoms with Crippen molar-refractivity contribution in [3.05, 3.63) is 64.3 Å². The molecule has 140 valence electrons. The van der Waals surface area contributed by atoms with Gasteiger partial charge < -0.3 is 9.47 Å². The van der Waals surface area contributed by atoms with Crippen LogP contribution in [0.15, 0.2) is 47.4 Å². The molecule has 2 aromatic carbocycles. The zero-order chi connectivity index (χ0) is 19.4. The van der Waals surface area contributed by atoms with E-state index in [2.05, 4.69) is 0 Å². The first-order valence-electron chi connectivity index (χ1n) is 8.32. The van der Waals surface area contributed by atoms with E-state index in [1.807, 2.05) is 13.0 Å². The summed E-state index contributed by atoms with van der Waals surface area (Å²) < 4.78 is 24.7. The maximum atomic E-state index is 13.0. The van der Waals surface area contributed by atoms with Gasteiger partial charge in [-0.1, -0.05) is 42.2 Å². The number of rotatable bonds is 6. The highest BCUT2D eigenvalue weighted by Gasteiger charge is 2.30. The van der Waals surface area contributed by atoms with Crippen molar-refractivity contribution in [2.75, 3.05) is 13.7 Å². The largest absolute Gasteiger partial charge is 0.493 e. The highest BCUT2D eigenvalue weighted by Crippen LogP contribution is 2.34. The van der Waals surface area contributed by atoms with E-state index in [1.165, 1.54) is 23.9 Å². The number of likely N-dealkylation sites (N-methyl/N-ethyl adjacent to an activating group) is 1. The SMILES string of the molecule is CCN1C(=O)/C(=C/c2ccc(OCc3ccc(F)cc3)c(OC)c2)SC1=S. The first kappa shape index (κ1) is 19.4. The van der Waals surface area contributed by atoms with Crippen molar-refractivity contribution in [2.45, 2.75) is 13.5 Å². The van der Waals surface area contributed by atoms with Gasteiger partial charge in [-0.2, -0.15) is 0 Å². The molecule has 0 aliphatic carbocycles. The Labute approximate surface area is 167 Å². The second-order valence-corrected chi connectivity index (χ2v) is 7.43. The number of carbonyl (C=O) groups excluding carboxylic acids is 1. The molecule has 1 amide bonds. The van der Waals surface area contributed by atoms with Crippen LogP contribution in [0.2, 0.25) is 0 Å². The maximum absolute atomic E-state index is 13.0. The second kappa shape index (κ2) is 8.54. The molecule has 1 aliphatic heterocycles. The van der Waals surface area contributed by atoms with E-state index >= 15 is 0 Å². The minimum absolute atomic E-state index is 0.0805. The fourth-order valence-electron chi connectivity index (χ4n) is 2.56. The van der Waals surface area contributed by atoms with Crippen molar-refractivity contribution in [3.8, 4) is 11.5 Å². The highest BCUT2D eigenvalue weighted by molar-refractivity contribution is 8.26. The zero-order valence-electron chi connectivity index (χ0n) is 14.9. The van der Waals surface area contributed by atoms with Gasteiger partial charge in [-0.05, 0) is 48.4 Å². The van der Waals surface area contributed by atoms with Crippen molar-refractivity contribution in [3.63, 3.8) is 0 Å². The van der Waals surface area contributed by atoms with Crippen LogP contribution >= 0.6 is 24.0 Å². The van der Waals surface area contributed by atoms with Gasteiger partial charge in [0.05, 0.1) is 12.0 Å².